The van der Waals surface area contributed by atoms with Crippen molar-refractivity contribution in [1.29, 1.82) is 0 Å². The SMILES string of the molecule is CC(c1ccc(F)c(F)c1)N(C)C(=O)C1CCN(S(=O)(=O)c2cccnc2Cl)CC1. The maximum absolute atomic E-state index is 13.5. The highest BCUT2D eigenvalue weighted by Gasteiger charge is 2.35. The summed E-state index contributed by atoms with van der Waals surface area (Å²) in [4.78, 5) is 18.1. The van der Waals surface area contributed by atoms with Crippen LogP contribution >= 0.6 is 11.6 Å². The maximum atomic E-state index is 13.5. The summed E-state index contributed by atoms with van der Waals surface area (Å²) in [5, 5.41) is -0.0872. The lowest BCUT2D eigenvalue weighted by atomic mass is 9.95. The van der Waals surface area contributed by atoms with Gasteiger partial charge in [-0.15, -0.1) is 0 Å². The zero-order valence-electron chi connectivity index (χ0n) is 16.6. The van der Waals surface area contributed by atoms with Gasteiger partial charge in [0.15, 0.2) is 11.6 Å². The molecule has 2 heterocycles. The van der Waals surface area contributed by atoms with E-state index in [1.54, 1.807) is 14.0 Å². The van der Waals surface area contributed by atoms with Crippen LogP contribution in [0.2, 0.25) is 5.15 Å². The Bertz CT molecular complexity index is 1040. The maximum Gasteiger partial charge on any atom is 0.246 e. The van der Waals surface area contributed by atoms with E-state index in [1.165, 1.54) is 33.6 Å². The Morgan fingerprint density at radius 3 is 2.50 bits per heavy atom. The van der Waals surface area contributed by atoms with Gasteiger partial charge in [0.25, 0.3) is 0 Å². The fraction of sp³-hybridized carbons (Fsp3) is 0.400. The molecule has 162 valence electrons. The van der Waals surface area contributed by atoms with Gasteiger partial charge < -0.3 is 4.90 Å². The van der Waals surface area contributed by atoms with Crippen LogP contribution < -0.4 is 0 Å². The van der Waals surface area contributed by atoms with E-state index in [9.17, 15) is 22.0 Å². The highest BCUT2D eigenvalue weighted by atomic mass is 35.5. The molecule has 0 N–H and O–H groups in total. The van der Waals surface area contributed by atoms with Crippen molar-refractivity contribution in [3.05, 3.63) is 58.9 Å². The van der Waals surface area contributed by atoms with Gasteiger partial charge in [-0.3, -0.25) is 4.79 Å². The lowest BCUT2D eigenvalue weighted by Crippen LogP contribution is -2.44. The molecule has 0 saturated carbocycles. The van der Waals surface area contributed by atoms with Gasteiger partial charge >= 0.3 is 0 Å². The number of amides is 1. The molecule has 1 unspecified atom stereocenters. The van der Waals surface area contributed by atoms with E-state index >= 15 is 0 Å². The third kappa shape index (κ3) is 4.48. The number of hydrogen-bond donors (Lipinski definition) is 0. The van der Waals surface area contributed by atoms with Crippen LogP contribution in [0.15, 0.2) is 41.4 Å². The van der Waals surface area contributed by atoms with E-state index in [0.717, 1.165) is 12.1 Å². The number of nitrogens with zero attached hydrogens (tertiary/aromatic N) is 3. The number of rotatable bonds is 5. The van der Waals surface area contributed by atoms with E-state index in [0.29, 0.717) is 18.4 Å². The highest BCUT2D eigenvalue weighted by molar-refractivity contribution is 7.89. The molecule has 1 aromatic heterocycles. The van der Waals surface area contributed by atoms with Gasteiger partial charge in [0, 0.05) is 32.3 Å². The molecule has 30 heavy (non-hydrogen) atoms. The van der Waals surface area contributed by atoms with Gasteiger partial charge in [-0.2, -0.15) is 4.31 Å². The third-order valence-corrected chi connectivity index (χ3v) is 7.84. The Morgan fingerprint density at radius 1 is 1.23 bits per heavy atom. The summed E-state index contributed by atoms with van der Waals surface area (Å²) in [6.45, 7) is 2.09. The topological polar surface area (TPSA) is 70.6 Å². The van der Waals surface area contributed by atoms with Crippen molar-refractivity contribution < 1.29 is 22.0 Å². The van der Waals surface area contributed by atoms with E-state index in [2.05, 4.69) is 4.98 Å². The largest absolute Gasteiger partial charge is 0.339 e. The first kappa shape index (κ1) is 22.6. The lowest BCUT2D eigenvalue weighted by Gasteiger charge is -2.34. The van der Waals surface area contributed by atoms with Gasteiger partial charge in [0.1, 0.15) is 10.0 Å². The van der Waals surface area contributed by atoms with Gasteiger partial charge in [-0.25, -0.2) is 22.2 Å². The molecular weight excluding hydrogens is 436 g/mol. The fourth-order valence-corrected chi connectivity index (χ4v) is 5.42. The van der Waals surface area contributed by atoms with Crippen LogP contribution in [0.3, 0.4) is 0 Å². The molecule has 1 aliphatic heterocycles. The van der Waals surface area contributed by atoms with Gasteiger partial charge in [0.2, 0.25) is 15.9 Å². The molecule has 1 saturated heterocycles. The van der Waals surface area contributed by atoms with Crippen molar-refractivity contribution in [3.63, 3.8) is 0 Å². The third-order valence-electron chi connectivity index (χ3n) is 5.50. The fourth-order valence-electron chi connectivity index (χ4n) is 3.52. The van der Waals surface area contributed by atoms with Crippen molar-refractivity contribution in [3.8, 4) is 0 Å². The molecule has 0 aliphatic carbocycles. The first-order valence-corrected chi connectivity index (χ1v) is 11.3. The van der Waals surface area contributed by atoms with Crippen molar-refractivity contribution in [2.75, 3.05) is 20.1 Å². The summed E-state index contributed by atoms with van der Waals surface area (Å²) in [7, 11) is -2.19. The summed E-state index contributed by atoms with van der Waals surface area (Å²) in [5.74, 6) is -2.43. The van der Waals surface area contributed by atoms with Crippen LogP contribution in [0.4, 0.5) is 8.78 Å². The number of aromatic nitrogens is 1. The first-order valence-electron chi connectivity index (χ1n) is 9.45. The van der Waals surface area contributed by atoms with Gasteiger partial charge in [-0.05, 0) is 49.6 Å². The van der Waals surface area contributed by atoms with Crippen LogP contribution in [0, 0.1) is 17.6 Å². The number of carbonyl (C=O) groups excluding carboxylic acids is 1. The minimum absolute atomic E-state index is 0.0551. The molecule has 1 fully saturated rings. The molecule has 1 amide bonds. The van der Waals surface area contributed by atoms with E-state index in [-0.39, 0.29) is 35.0 Å². The second-order valence-corrected chi connectivity index (χ2v) is 9.53. The summed E-state index contributed by atoms with van der Waals surface area (Å²) in [6.07, 6.45) is 2.12. The summed E-state index contributed by atoms with van der Waals surface area (Å²) in [6, 6.07) is 6.01. The zero-order valence-corrected chi connectivity index (χ0v) is 18.1. The van der Waals surface area contributed by atoms with Crippen molar-refractivity contribution in [2.45, 2.75) is 30.7 Å². The first-order chi connectivity index (χ1) is 14.1. The van der Waals surface area contributed by atoms with Crippen LogP contribution in [-0.2, 0) is 14.8 Å². The molecule has 1 aromatic carbocycles. The number of piperidine rings is 1. The lowest BCUT2D eigenvalue weighted by molar-refractivity contribution is -0.137. The smallest absolute Gasteiger partial charge is 0.246 e. The molecule has 0 radical (unpaired) electrons. The van der Waals surface area contributed by atoms with Crippen molar-refractivity contribution in [1.82, 2.24) is 14.2 Å². The highest BCUT2D eigenvalue weighted by Crippen LogP contribution is 2.29. The molecule has 1 aliphatic rings. The van der Waals surface area contributed by atoms with E-state index in [4.69, 9.17) is 11.6 Å². The molecule has 1 atom stereocenters. The normalized spacial score (nSPS) is 17.0. The number of halogens is 3. The molecular formula is C20H22ClF2N3O3S. The Morgan fingerprint density at radius 2 is 1.90 bits per heavy atom. The summed E-state index contributed by atoms with van der Waals surface area (Å²) in [5.41, 5.74) is 0.482. The average molecular weight is 458 g/mol. The number of benzene rings is 1. The molecule has 10 heteroatoms. The van der Waals surface area contributed by atoms with E-state index < -0.39 is 27.7 Å². The van der Waals surface area contributed by atoms with Crippen LogP contribution in [-0.4, -0.2) is 48.7 Å². The Labute approximate surface area is 179 Å². The van der Waals surface area contributed by atoms with Crippen molar-refractivity contribution >= 4 is 27.5 Å². The number of sulfonamides is 1. The van der Waals surface area contributed by atoms with Crippen molar-refractivity contribution in [2.24, 2.45) is 5.92 Å². The van der Waals surface area contributed by atoms with Gasteiger partial charge in [0.05, 0.1) is 6.04 Å². The average Bonchev–Trinajstić information content (AvgIpc) is 2.74. The number of hydrogen-bond acceptors (Lipinski definition) is 4. The summed E-state index contributed by atoms with van der Waals surface area (Å²) < 4.78 is 53.6. The molecule has 3 rings (SSSR count). The molecule has 2 aromatic rings. The predicted octanol–water partition coefficient (Wildman–Crippen LogP) is 3.63. The zero-order chi connectivity index (χ0) is 22.1. The molecule has 0 spiro atoms. The monoisotopic (exact) mass is 457 g/mol. The van der Waals surface area contributed by atoms with Crippen LogP contribution in [0.5, 0.6) is 0 Å². The summed E-state index contributed by atoms with van der Waals surface area (Å²) >= 11 is 5.93. The minimum Gasteiger partial charge on any atom is -0.339 e. The quantitative estimate of drug-likeness (QED) is 0.643. The van der Waals surface area contributed by atoms with Crippen LogP contribution in [0.25, 0.3) is 0 Å². The molecule has 0 bridgehead atoms. The second kappa shape index (κ2) is 8.95. The number of pyridine rings is 1. The number of carbonyl (C=O) groups is 1. The second-order valence-electron chi connectivity index (χ2n) is 7.27. The predicted molar refractivity (Wildman–Crippen MR) is 108 cm³/mol. The minimum atomic E-state index is -3.79. The van der Waals surface area contributed by atoms with Crippen LogP contribution in [0.1, 0.15) is 31.4 Å². The Hall–Kier alpha value is -2.10. The standard InChI is InChI=1S/C20H22ClF2N3O3S/c1-13(15-5-6-16(22)17(23)12-15)25(2)20(27)14-7-10-26(11-8-14)30(28,29)18-4-3-9-24-19(18)21/h3-6,9,12-14H,7-8,10-11H2,1-2H3. The van der Waals surface area contributed by atoms with Gasteiger partial charge in [-0.1, -0.05) is 17.7 Å². The Balaban J connectivity index is 1.66. The Kier molecular flexibility index (Phi) is 6.74. The molecule has 6 nitrogen and oxygen atoms in total. The van der Waals surface area contributed by atoms with E-state index in [1.807, 2.05) is 0 Å².